The Hall–Kier alpha value is -3.83. The highest BCUT2D eigenvalue weighted by molar-refractivity contribution is 7.15. The van der Waals surface area contributed by atoms with Gasteiger partial charge in [-0.15, -0.1) is 11.3 Å². The number of pyridine rings is 2. The minimum Gasteiger partial charge on any atom is -0.545 e. The summed E-state index contributed by atoms with van der Waals surface area (Å²) < 4.78 is 39.2. The van der Waals surface area contributed by atoms with Gasteiger partial charge in [-0.3, -0.25) is 0 Å². The number of anilines is 2. The van der Waals surface area contributed by atoms with Gasteiger partial charge < -0.3 is 20.3 Å². The average Bonchev–Trinajstić information content (AvgIpc) is 3.35. The van der Waals surface area contributed by atoms with Gasteiger partial charge in [0.2, 0.25) is 0 Å². The minimum atomic E-state index is -4.49. The smallest absolute Gasteiger partial charge is 0.416 e. The predicted molar refractivity (Wildman–Crippen MR) is 129 cm³/mol. The molecule has 1 atom stereocenters. The van der Waals surface area contributed by atoms with Gasteiger partial charge in [0.25, 0.3) is 0 Å². The first-order valence-corrected chi connectivity index (χ1v) is 12.2. The van der Waals surface area contributed by atoms with Crippen molar-refractivity contribution in [2.24, 2.45) is 0 Å². The summed E-state index contributed by atoms with van der Waals surface area (Å²) in [5, 5.41) is 26.2. The molecule has 0 fully saturated rings. The van der Waals surface area contributed by atoms with Gasteiger partial charge in [-0.05, 0) is 78.8 Å². The normalized spacial score (nSPS) is 17.3. The summed E-state index contributed by atoms with van der Waals surface area (Å²) in [6, 6.07) is 9.87. The van der Waals surface area contributed by atoms with Gasteiger partial charge >= 0.3 is 6.18 Å². The summed E-state index contributed by atoms with van der Waals surface area (Å²) in [4.78, 5) is 24.9. The SMILES string of the molecule is Cc1cc(Nc2cc(C(F)(F)F)ccn2)nc(-c2cnc([C@]3(O)CCCc4cc(C(=O)[O-])ccc43)s2)c1. The molecule has 1 aromatic carbocycles. The van der Waals surface area contributed by atoms with E-state index in [-0.39, 0.29) is 11.4 Å². The molecule has 7 nitrogen and oxygen atoms in total. The van der Waals surface area contributed by atoms with E-state index in [0.717, 1.165) is 29.5 Å². The Labute approximate surface area is 213 Å². The Balaban J connectivity index is 1.46. The number of aryl methyl sites for hydroxylation is 2. The number of carboxylic acid groups (broad SMARTS) is 1. The van der Waals surface area contributed by atoms with Crippen molar-refractivity contribution >= 4 is 28.9 Å². The van der Waals surface area contributed by atoms with Crippen molar-refractivity contribution in [1.82, 2.24) is 15.0 Å². The average molecular weight is 526 g/mol. The second kappa shape index (κ2) is 9.24. The maximum Gasteiger partial charge on any atom is 0.416 e. The summed E-state index contributed by atoms with van der Waals surface area (Å²) in [6.07, 6.45) is -0.114. The molecule has 11 heteroatoms. The van der Waals surface area contributed by atoms with Crippen LogP contribution in [0.4, 0.5) is 24.8 Å². The fourth-order valence-electron chi connectivity index (χ4n) is 4.47. The van der Waals surface area contributed by atoms with Crippen LogP contribution in [0, 0.1) is 6.92 Å². The summed E-state index contributed by atoms with van der Waals surface area (Å²) in [5.41, 5.74) is 0.546. The van der Waals surface area contributed by atoms with E-state index in [4.69, 9.17) is 0 Å². The molecule has 1 aliphatic carbocycles. The molecule has 0 saturated carbocycles. The second-order valence-electron chi connectivity index (χ2n) is 8.87. The summed E-state index contributed by atoms with van der Waals surface area (Å²) >= 11 is 1.25. The van der Waals surface area contributed by atoms with Crippen LogP contribution >= 0.6 is 11.3 Å². The monoisotopic (exact) mass is 525 g/mol. The summed E-state index contributed by atoms with van der Waals surface area (Å²) in [6.45, 7) is 1.83. The molecular formula is C26H20F3N4O3S-. The molecule has 1 aliphatic rings. The lowest BCUT2D eigenvalue weighted by molar-refractivity contribution is -0.255. The molecule has 2 N–H and O–H groups in total. The van der Waals surface area contributed by atoms with Gasteiger partial charge in [0, 0.05) is 12.4 Å². The zero-order valence-corrected chi connectivity index (χ0v) is 20.3. The number of thiazole rings is 1. The third kappa shape index (κ3) is 4.92. The van der Waals surface area contributed by atoms with Crippen LogP contribution in [-0.4, -0.2) is 26.0 Å². The summed E-state index contributed by atoms with van der Waals surface area (Å²) in [5.74, 6) is -0.954. The van der Waals surface area contributed by atoms with Crippen molar-refractivity contribution in [3.63, 3.8) is 0 Å². The number of aromatic carboxylic acids is 1. The van der Waals surface area contributed by atoms with E-state index in [1.807, 2.05) is 13.0 Å². The van der Waals surface area contributed by atoms with Crippen LogP contribution in [0.25, 0.3) is 10.6 Å². The zero-order chi connectivity index (χ0) is 26.4. The van der Waals surface area contributed by atoms with Crippen LogP contribution in [0.15, 0.2) is 54.9 Å². The molecule has 0 saturated heterocycles. The van der Waals surface area contributed by atoms with Crippen LogP contribution in [-0.2, 0) is 18.2 Å². The van der Waals surface area contributed by atoms with Crippen LogP contribution in [0.3, 0.4) is 0 Å². The molecule has 3 heterocycles. The Morgan fingerprint density at radius 1 is 1.14 bits per heavy atom. The molecule has 5 rings (SSSR count). The molecule has 0 amide bonds. The Kier molecular flexibility index (Phi) is 6.20. The number of hydrogen-bond acceptors (Lipinski definition) is 8. The minimum absolute atomic E-state index is 0.00734. The molecule has 4 aromatic rings. The molecule has 0 spiro atoms. The first kappa shape index (κ1) is 24.8. The number of carbonyl (C=O) groups is 1. The highest BCUT2D eigenvalue weighted by Crippen LogP contribution is 2.43. The summed E-state index contributed by atoms with van der Waals surface area (Å²) in [7, 11) is 0. The first-order valence-electron chi connectivity index (χ1n) is 11.4. The number of aromatic nitrogens is 3. The Morgan fingerprint density at radius 2 is 1.95 bits per heavy atom. The lowest BCUT2D eigenvalue weighted by atomic mass is 9.79. The maximum atomic E-state index is 13.1. The standard InChI is InChI=1S/C26H21F3N4O3S/c1-14-9-19(32-22(10-14)33-21-12-17(6-8-30-21)26(27,28)29)20-13-31-24(37-20)25(36)7-2-3-15-11-16(23(34)35)4-5-18(15)25/h4-6,8-13,36H,2-3,7H2,1H3,(H,34,35)(H,30,32,33)/p-1/t25-/m0/s1. The number of nitrogens with one attached hydrogen (secondary N) is 1. The largest absolute Gasteiger partial charge is 0.545 e. The third-order valence-electron chi connectivity index (χ3n) is 6.20. The van der Waals surface area contributed by atoms with E-state index < -0.39 is 23.3 Å². The van der Waals surface area contributed by atoms with Crippen LogP contribution in [0.2, 0.25) is 0 Å². The van der Waals surface area contributed by atoms with E-state index >= 15 is 0 Å². The highest BCUT2D eigenvalue weighted by Gasteiger charge is 2.39. The molecule has 0 bridgehead atoms. The van der Waals surface area contributed by atoms with Gasteiger partial charge in [0.15, 0.2) is 0 Å². The highest BCUT2D eigenvalue weighted by atomic mass is 32.1. The van der Waals surface area contributed by atoms with Crippen molar-refractivity contribution in [2.45, 2.75) is 38.0 Å². The molecule has 190 valence electrons. The Morgan fingerprint density at radius 3 is 2.70 bits per heavy atom. The number of benzene rings is 1. The number of aliphatic hydroxyl groups is 1. The van der Waals surface area contributed by atoms with Crippen LogP contribution < -0.4 is 10.4 Å². The first-order chi connectivity index (χ1) is 17.5. The molecule has 37 heavy (non-hydrogen) atoms. The number of halogens is 3. The predicted octanol–water partition coefficient (Wildman–Crippen LogP) is 4.61. The lowest BCUT2D eigenvalue weighted by Gasteiger charge is -2.33. The number of carboxylic acids is 1. The van der Waals surface area contributed by atoms with E-state index in [0.29, 0.717) is 46.2 Å². The number of fused-ring (bicyclic) bond motifs is 1. The van der Waals surface area contributed by atoms with E-state index in [2.05, 4.69) is 20.3 Å². The molecule has 3 aromatic heterocycles. The number of hydrogen-bond donors (Lipinski definition) is 2. The topological polar surface area (TPSA) is 111 Å². The van der Waals surface area contributed by atoms with Crippen LogP contribution in [0.1, 0.15) is 50.5 Å². The van der Waals surface area contributed by atoms with Gasteiger partial charge in [-0.25, -0.2) is 15.0 Å². The van der Waals surface area contributed by atoms with E-state index in [1.165, 1.54) is 23.5 Å². The second-order valence-corrected chi connectivity index (χ2v) is 9.90. The maximum absolute atomic E-state index is 13.1. The number of rotatable bonds is 5. The molecular weight excluding hydrogens is 505 g/mol. The van der Waals surface area contributed by atoms with Gasteiger partial charge in [0.05, 0.1) is 22.1 Å². The van der Waals surface area contributed by atoms with E-state index in [9.17, 15) is 28.2 Å². The van der Waals surface area contributed by atoms with Crippen molar-refractivity contribution < 1.29 is 28.2 Å². The third-order valence-corrected chi connectivity index (χ3v) is 7.37. The number of alkyl halides is 3. The fourth-order valence-corrected chi connectivity index (χ4v) is 5.48. The lowest BCUT2D eigenvalue weighted by Crippen LogP contribution is -2.32. The van der Waals surface area contributed by atoms with Crippen molar-refractivity contribution in [2.75, 3.05) is 5.32 Å². The van der Waals surface area contributed by atoms with E-state index in [1.54, 1.807) is 18.3 Å². The van der Waals surface area contributed by atoms with Crippen LogP contribution in [0.5, 0.6) is 0 Å². The fraction of sp³-hybridized carbons (Fsp3) is 0.231. The Bertz CT molecular complexity index is 1500. The molecule has 0 aliphatic heterocycles. The van der Waals surface area contributed by atoms with Crippen molar-refractivity contribution in [3.05, 3.63) is 87.7 Å². The number of nitrogens with zero attached hydrogens (tertiary/aromatic N) is 3. The van der Waals surface area contributed by atoms with Gasteiger partial charge in [0.1, 0.15) is 22.2 Å². The van der Waals surface area contributed by atoms with Gasteiger partial charge in [-0.2, -0.15) is 13.2 Å². The molecule has 0 unspecified atom stereocenters. The molecule has 0 radical (unpaired) electrons. The van der Waals surface area contributed by atoms with Crippen molar-refractivity contribution in [1.29, 1.82) is 0 Å². The van der Waals surface area contributed by atoms with Crippen molar-refractivity contribution in [3.8, 4) is 10.6 Å². The quantitative estimate of drug-likeness (QED) is 0.392. The number of carbonyl (C=O) groups excluding carboxylic acids is 1. The zero-order valence-electron chi connectivity index (χ0n) is 19.5. The van der Waals surface area contributed by atoms with Gasteiger partial charge in [-0.1, -0.05) is 12.1 Å².